The maximum absolute atomic E-state index is 11.6. The Kier molecular flexibility index (Phi) is 7.55. The molecule has 3 aromatic carbocycles. The Morgan fingerprint density at radius 3 is 1.22 bits per heavy atom. The van der Waals surface area contributed by atoms with Crippen LogP contribution in [0.25, 0.3) is 0 Å². The molecule has 0 amide bonds. The van der Waals surface area contributed by atoms with Gasteiger partial charge in [-0.1, -0.05) is 54.6 Å². The molecule has 0 aliphatic heterocycles. The average Bonchev–Trinajstić information content (AvgIpc) is 2.70. The van der Waals surface area contributed by atoms with Gasteiger partial charge in [0, 0.05) is 6.92 Å². The SMILES string of the molecule is COC(=O)C(C)(F)F.c1ccc([S+](c2ccccc2)c2ccccc2)cc1. The second kappa shape index (κ2) is 9.88. The molecule has 0 radical (unpaired) electrons. The van der Waals surface area contributed by atoms with Gasteiger partial charge in [-0.25, -0.2) is 4.79 Å². The first kappa shape index (κ1) is 20.6. The van der Waals surface area contributed by atoms with E-state index in [-0.39, 0.29) is 10.9 Å². The van der Waals surface area contributed by atoms with Crippen molar-refractivity contribution in [3.8, 4) is 0 Å². The number of halogens is 2. The number of carbonyl (C=O) groups excluding carboxylic acids is 1. The predicted molar refractivity (Wildman–Crippen MR) is 104 cm³/mol. The second-order valence-corrected chi connectivity index (χ2v) is 7.65. The molecular weight excluding hydrogens is 366 g/mol. The minimum Gasteiger partial charge on any atom is -0.465 e. The van der Waals surface area contributed by atoms with E-state index in [1.807, 2.05) is 0 Å². The van der Waals surface area contributed by atoms with Crippen LogP contribution in [0.3, 0.4) is 0 Å². The minimum atomic E-state index is -3.35. The molecule has 0 aliphatic carbocycles. The van der Waals surface area contributed by atoms with Crippen LogP contribution in [0.15, 0.2) is 106 Å². The fourth-order valence-electron chi connectivity index (χ4n) is 2.26. The van der Waals surface area contributed by atoms with Crippen molar-refractivity contribution in [2.75, 3.05) is 7.11 Å². The number of alkyl halides is 2. The first-order valence-corrected chi connectivity index (χ1v) is 9.51. The summed E-state index contributed by atoms with van der Waals surface area (Å²) in [5.41, 5.74) is 0. The molecule has 3 aromatic rings. The molecule has 0 unspecified atom stereocenters. The van der Waals surface area contributed by atoms with E-state index >= 15 is 0 Å². The number of ether oxygens (including phenoxy) is 1. The molecular formula is C22H21F2O2S+. The summed E-state index contributed by atoms with van der Waals surface area (Å²) in [5, 5.41) is 0. The van der Waals surface area contributed by atoms with Crippen molar-refractivity contribution in [2.45, 2.75) is 27.5 Å². The van der Waals surface area contributed by atoms with Gasteiger partial charge >= 0.3 is 11.9 Å². The van der Waals surface area contributed by atoms with Crippen LogP contribution in [-0.4, -0.2) is 19.0 Å². The maximum Gasteiger partial charge on any atom is 0.376 e. The average molecular weight is 387 g/mol. The largest absolute Gasteiger partial charge is 0.465 e. The van der Waals surface area contributed by atoms with Crippen LogP contribution in [-0.2, 0) is 20.4 Å². The lowest BCUT2D eigenvalue weighted by molar-refractivity contribution is -0.165. The van der Waals surface area contributed by atoms with Gasteiger partial charge in [0.15, 0.2) is 14.7 Å². The maximum atomic E-state index is 11.6. The number of methoxy groups -OCH3 is 1. The molecule has 3 rings (SSSR count). The molecule has 0 atom stereocenters. The highest BCUT2D eigenvalue weighted by molar-refractivity contribution is 7.97. The molecule has 0 spiro atoms. The van der Waals surface area contributed by atoms with Crippen LogP contribution >= 0.6 is 0 Å². The number of rotatable bonds is 4. The third kappa shape index (κ3) is 6.22. The summed E-state index contributed by atoms with van der Waals surface area (Å²) in [7, 11) is 0.902. The Balaban J connectivity index is 0.000000279. The summed E-state index contributed by atoms with van der Waals surface area (Å²) < 4.78 is 27.0. The molecule has 0 N–H and O–H groups in total. The molecule has 5 heteroatoms. The summed E-state index contributed by atoms with van der Waals surface area (Å²) in [4.78, 5) is 13.9. The Hall–Kier alpha value is -2.66. The summed E-state index contributed by atoms with van der Waals surface area (Å²) in [5.74, 6) is -4.85. The van der Waals surface area contributed by atoms with Gasteiger partial charge in [-0.2, -0.15) is 8.78 Å². The quantitative estimate of drug-likeness (QED) is 0.430. The van der Waals surface area contributed by atoms with E-state index < -0.39 is 11.9 Å². The molecule has 27 heavy (non-hydrogen) atoms. The zero-order chi connectivity index (χ0) is 19.7. The van der Waals surface area contributed by atoms with Gasteiger partial charge in [0.2, 0.25) is 0 Å². The van der Waals surface area contributed by atoms with Crippen LogP contribution in [0, 0.1) is 0 Å². The summed E-state index contributed by atoms with van der Waals surface area (Å²) in [6.45, 7) is 0.485. The van der Waals surface area contributed by atoms with Gasteiger partial charge < -0.3 is 4.74 Å². The molecule has 0 saturated carbocycles. The van der Waals surface area contributed by atoms with Gasteiger partial charge in [-0.3, -0.25) is 0 Å². The molecule has 0 aliphatic rings. The van der Waals surface area contributed by atoms with E-state index in [9.17, 15) is 13.6 Å². The molecule has 2 nitrogen and oxygen atoms in total. The molecule has 0 fully saturated rings. The highest BCUT2D eigenvalue weighted by Crippen LogP contribution is 2.30. The number of esters is 1. The highest BCUT2D eigenvalue weighted by atomic mass is 32.2. The fraction of sp³-hybridized carbons (Fsp3) is 0.136. The summed E-state index contributed by atoms with van der Waals surface area (Å²) >= 11 is 0. The lowest BCUT2D eigenvalue weighted by Crippen LogP contribution is -2.25. The van der Waals surface area contributed by atoms with Crippen molar-refractivity contribution in [3.63, 3.8) is 0 Å². The third-order valence-corrected chi connectivity index (χ3v) is 5.71. The van der Waals surface area contributed by atoms with Crippen molar-refractivity contribution in [1.82, 2.24) is 0 Å². The van der Waals surface area contributed by atoms with Crippen molar-refractivity contribution in [2.24, 2.45) is 0 Å². The fourth-order valence-corrected chi connectivity index (χ4v) is 4.36. The topological polar surface area (TPSA) is 26.3 Å². The zero-order valence-corrected chi connectivity index (χ0v) is 16.0. The second-order valence-electron chi connectivity index (χ2n) is 5.63. The monoisotopic (exact) mass is 387 g/mol. The molecule has 140 valence electrons. The Labute approximate surface area is 161 Å². The Morgan fingerprint density at radius 2 is 1.04 bits per heavy atom. The number of carbonyl (C=O) groups is 1. The Morgan fingerprint density at radius 1 is 0.741 bits per heavy atom. The van der Waals surface area contributed by atoms with Gasteiger partial charge in [0.1, 0.15) is 0 Å². The van der Waals surface area contributed by atoms with Crippen LogP contribution in [0.4, 0.5) is 8.78 Å². The van der Waals surface area contributed by atoms with E-state index in [4.69, 9.17) is 0 Å². The van der Waals surface area contributed by atoms with Crippen LogP contribution < -0.4 is 0 Å². The molecule has 0 heterocycles. The highest BCUT2D eigenvalue weighted by Gasteiger charge is 2.33. The first-order chi connectivity index (χ1) is 12.9. The summed E-state index contributed by atoms with van der Waals surface area (Å²) in [6, 6.07) is 32.2. The van der Waals surface area contributed by atoms with E-state index in [0.29, 0.717) is 6.92 Å². The lowest BCUT2D eigenvalue weighted by Gasteiger charge is -2.07. The summed E-state index contributed by atoms with van der Waals surface area (Å²) in [6.07, 6.45) is 0. The number of benzene rings is 3. The van der Waals surface area contributed by atoms with Crippen LogP contribution in [0.1, 0.15) is 6.92 Å². The van der Waals surface area contributed by atoms with Crippen LogP contribution in [0.5, 0.6) is 0 Å². The van der Waals surface area contributed by atoms with E-state index in [1.54, 1.807) is 0 Å². The lowest BCUT2D eigenvalue weighted by atomic mass is 10.4. The van der Waals surface area contributed by atoms with Crippen molar-refractivity contribution < 1.29 is 18.3 Å². The van der Waals surface area contributed by atoms with Gasteiger partial charge in [-0.15, -0.1) is 0 Å². The van der Waals surface area contributed by atoms with E-state index in [0.717, 1.165) is 7.11 Å². The first-order valence-electron chi connectivity index (χ1n) is 8.29. The third-order valence-electron chi connectivity index (χ3n) is 3.48. The van der Waals surface area contributed by atoms with Gasteiger partial charge in [-0.05, 0) is 36.4 Å². The smallest absolute Gasteiger partial charge is 0.376 e. The number of hydrogen-bond donors (Lipinski definition) is 0. The molecule has 0 bridgehead atoms. The van der Waals surface area contributed by atoms with E-state index in [1.165, 1.54) is 14.7 Å². The predicted octanol–water partition coefficient (Wildman–Crippen LogP) is 5.60. The van der Waals surface area contributed by atoms with Gasteiger partial charge in [0.05, 0.1) is 18.0 Å². The standard InChI is InChI=1S/C18H15S.C4H6F2O2/c1-4-10-16(11-5-1)19(17-12-6-2-7-13-17)18-14-8-3-9-15-18;1-4(5,6)3(7)8-2/h1-15H;1-2H3/q+1;. The van der Waals surface area contributed by atoms with E-state index in [2.05, 4.69) is 95.7 Å². The minimum absolute atomic E-state index is 0.0146. The normalized spacial score (nSPS) is 10.7. The van der Waals surface area contributed by atoms with Crippen molar-refractivity contribution in [1.29, 1.82) is 0 Å². The van der Waals surface area contributed by atoms with Crippen molar-refractivity contribution >= 4 is 16.9 Å². The number of hydrogen-bond acceptors (Lipinski definition) is 2. The van der Waals surface area contributed by atoms with Crippen LogP contribution in [0.2, 0.25) is 0 Å². The van der Waals surface area contributed by atoms with Gasteiger partial charge in [0.25, 0.3) is 0 Å². The molecule has 0 aromatic heterocycles. The van der Waals surface area contributed by atoms with Crippen molar-refractivity contribution in [3.05, 3.63) is 91.0 Å². The zero-order valence-electron chi connectivity index (χ0n) is 15.1. The Bertz CT molecular complexity index is 725. The molecule has 0 saturated heterocycles.